The zero-order valence-corrected chi connectivity index (χ0v) is 19.8. The molecule has 0 bridgehead atoms. The predicted octanol–water partition coefficient (Wildman–Crippen LogP) is 5.16. The molecule has 0 aliphatic heterocycles. The Morgan fingerprint density at radius 2 is 1.48 bits per heavy atom. The molecule has 3 aromatic rings. The van der Waals surface area contributed by atoms with E-state index in [2.05, 4.69) is 0 Å². The fourth-order valence-corrected chi connectivity index (χ4v) is 4.74. The van der Waals surface area contributed by atoms with Gasteiger partial charge in [-0.15, -0.1) is 11.8 Å². The summed E-state index contributed by atoms with van der Waals surface area (Å²) in [5.74, 6) is -0.153. The van der Waals surface area contributed by atoms with Crippen LogP contribution in [-0.2, 0) is 16.6 Å². The van der Waals surface area contributed by atoms with Crippen molar-refractivity contribution in [2.45, 2.75) is 16.3 Å². The fourth-order valence-electron chi connectivity index (χ4n) is 3.01. The van der Waals surface area contributed by atoms with Gasteiger partial charge in [0.2, 0.25) is 0 Å². The first-order valence-electron chi connectivity index (χ1n) is 9.45. The number of carbonyl (C=O) groups is 1. The van der Waals surface area contributed by atoms with Gasteiger partial charge in [-0.1, -0.05) is 23.7 Å². The number of anilines is 1. The van der Waals surface area contributed by atoms with Crippen molar-refractivity contribution in [2.24, 2.45) is 0 Å². The Morgan fingerprint density at radius 3 is 2.03 bits per heavy atom. The van der Waals surface area contributed by atoms with Crippen LogP contribution in [0.4, 0.5) is 5.69 Å². The van der Waals surface area contributed by atoms with Crippen LogP contribution in [0.3, 0.4) is 0 Å². The highest BCUT2D eigenvalue weighted by Crippen LogP contribution is 2.25. The van der Waals surface area contributed by atoms with E-state index in [1.54, 1.807) is 84.4 Å². The van der Waals surface area contributed by atoms with Crippen molar-refractivity contribution in [1.82, 2.24) is 4.90 Å². The maximum Gasteiger partial charge on any atom is 0.264 e. The predicted molar refractivity (Wildman–Crippen MR) is 128 cm³/mol. The Morgan fingerprint density at radius 1 is 0.903 bits per heavy atom. The SMILES string of the molecule is CSc1ccc(S(=O)(=O)N(C)c2ccc(C(=O)N(C)Cc3ccc(Cl)cc3)cc2)cc1. The summed E-state index contributed by atoms with van der Waals surface area (Å²) in [5.41, 5.74) is 1.93. The first kappa shape index (κ1) is 23.2. The molecule has 3 rings (SSSR count). The molecule has 0 aromatic heterocycles. The lowest BCUT2D eigenvalue weighted by molar-refractivity contribution is 0.0785. The number of sulfonamides is 1. The van der Waals surface area contributed by atoms with E-state index in [9.17, 15) is 13.2 Å². The Labute approximate surface area is 192 Å². The third kappa shape index (κ3) is 5.42. The van der Waals surface area contributed by atoms with E-state index in [-0.39, 0.29) is 10.8 Å². The maximum atomic E-state index is 12.9. The lowest BCUT2D eigenvalue weighted by atomic mass is 10.1. The molecule has 0 aliphatic rings. The lowest BCUT2D eigenvalue weighted by Crippen LogP contribution is -2.27. The number of hydrogen-bond donors (Lipinski definition) is 0. The molecule has 0 atom stereocenters. The molecule has 1 amide bonds. The van der Waals surface area contributed by atoms with Gasteiger partial charge in [0, 0.05) is 36.1 Å². The van der Waals surface area contributed by atoms with Crippen LogP contribution in [0, 0.1) is 0 Å². The van der Waals surface area contributed by atoms with Crippen molar-refractivity contribution in [3.8, 4) is 0 Å². The van der Waals surface area contributed by atoms with Crippen molar-refractivity contribution in [1.29, 1.82) is 0 Å². The fraction of sp³-hybridized carbons (Fsp3) is 0.174. The van der Waals surface area contributed by atoms with Crippen LogP contribution in [0.25, 0.3) is 0 Å². The van der Waals surface area contributed by atoms with Crippen LogP contribution in [0.15, 0.2) is 82.6 Å². The number of hydrogen-bond acceptors (Lipinski definition) is 4. The molecule has 0 N–H and O–H groups in total. The Kier molecular flexibility index (Phi) is 7.30. The van der Waals surface area contributed by atoms with Gasteiger partial charge in [0.15, 0.2) is 0 Å². The van der Waals surface area contributed by atoms with Gasteiger partial charge < -0.3 is 4.90 Å². The highest BCUT2D eigenvalue weighted by Gasteiger charge is 2.22. The molecule has 0 heterocycles. The van der Waals surface area contributed by atoms with Crippen LogP contribution in [0.5, 0.6) is 0 Å². The molecule has 0 fully saturated rings. The van der Waals surface area contributed by atoms with E-state index in [0.29, 0.717) is 22.8 Å². The lowest BCUT2D eigenvalue weighted by Gasteiger charge is -2.21. The Hall–Kier alpha value is -2.48. The van der Waals surface area contributed by atoms with Crippen molar-refractivity contribution < 1.29 is 13.2 Å². The molecule has 8 heteroatoms. The summed E-state index contributed by atoms with van der Waals surface area (Å²) in [6.07, 6.45) is 1.94. The van der Waals surface area contributed by atoms with Crippen LogP contribution in [0.2, 0.25) is 5.02 Å². The minimum Gasteiger partial charge on any atom is -0.337 e. The van der Waals surface area contributed by atoms with Crippen LogP contribution in [-0.4, -0.2) is 39.6 Å². The van der Waals surface area contributed by atoms with Gasteiger partial charge >= 0.3 is 0 Å². The van der Waals surface area contributed by atoms with Crippen LogP contribution in [0.1, 0.15) is 15.9 Å². The third-order valence-corrected chi connectivity index (χ3v) is 7.67. The van der Waals surface area contributed by atoms with E-state index in [0.717, 1.165) is 10.5 Å². The van der Waals surface area contributed by atoms with Gasteiger partial charge in [-0.2, -0.15) is 0 Å². The van der Waals surface area contributed by atoms with Gasteiger partial charge in [-0.25, -0.2) is 8.42 Å². The first-order chi connectivity index (χ1) is 14.7. The first-order valence-corrected chi connectivity index (χ1v) is 12.5. The van der Waals surface area contributed by atoms with E-state index >= 15 is 0 Å². The largest absolute Gasteiger partial charge is 0.337 e. The monoisotopic (exact) mass is 474 g/mol. The zero-order chi connectivity index (χ0) is 22.6. The van der Waals surface area contributed by atoms with Crippen molar-refractivity contribution in [3.63, 3.8) is 0 Å². The molecule has 0 unspecified atom stereocenters. The normalized spacial score (nSPS) is 11.2. The van der Waals surface area contributed by atoms with E-state index in [1.165, 1.54) is 11.4 Å². The molecule has 0 saturated carbocycles. The second kappa shape index (κ2) is 9.77. The smallest absolute Gasteiger partial charge is 0.264 e. The van der Waals surface area contributed by atoms with E-state index in [4.69, 9.17) is 11.6 Å². The second-order valence-corrected chi connectivity index (χ2v) is 10.3. The maximum absolute atomic E-state index is 12.9. The van der Waals surface area contributed by atoms with E-state index < -0.39 is 10.0 Å². The quantitative estimate of drug-likeness (QED) is 0.444. The average Bonchev–Trinajstić information content (AvgIpc) is 2.79. The Balaban J connectivity index is 1.73. The number of amides is 1. The van der Waals surface area contributed by atoms with Crippen molar-refractivity contribution in [3.05, 3.63) is 88.9 Å². The molecule has 0 aliphatic carbocycles. The number of thioether (sulfide) groups is 1. The molecule has 5 nitrogen and oxygen atoms in total. The summed E-state index contributed by atoms with van der Waals surface area (Å²) in [5, 5.41) is 0.646. The Bertz CT molecular complexity index is 1150. The summed E-state index contributed by atoms with van der Waals surface area (Å²) in [6, 6.07) is 20.6. The third-order valence-electron chi connectivity index (χ3n) is 4.88. The molecule has 162 valence electrons. The molecule has 0 spiro atoms. The second-order valence-electron chi connectivity index (χ2n) is 6.98. The summed E-state index contributed by atoms with van der Waals surface area (Å²) < 4.78 is 27.1. The minimum atomic E-state index is -3.69. The number of benzene rings is 3. The number of carbonyl (C=O) groups excluding carboxylic acids is 1. The molecule has 31 heavy (non-hydrogen) atoms. The molecule has 3 aromatic carbocycles. The highest BCUT2D eigenvalue weighted by atomic mass is 35.5. The number of nitrogens with zero attached hydrogens (tertiary/aromatic N) is 2. The summed E-state index contributed by atoms with van der Waals surface area (Å²) >= 11 is 7.45. The highest BCUT2D eigenvalue weighted by molar-refractivity contribution is 7.98. The summed E-state index contributed by atoms with van der Waals surface area (Å²) in [7, 11) is -0.470. The molecular formula is C23H23ClN2O3S2. The molecule has 0 radical (unpaired) electrons. The van der Waals surface area contributed by atoms with Gasteiger partial charge in [-0.3, -0.25) is 9.10 Å². The number of halogens is 1. The standard InChI is InChI=1S/C23H23ClN2O3S2/c1-25(16-17-4-8-19(24)9-5-17)23(27)18-6-10-20(11-7-18)26(2)31(28,29)22-14-12-21(30-3)13-15-22/h4-15H,16H2,1-3H3. The van der Waals surface area contributed by atoms with Crippen molar-refractivity contribution in [2.75, 3.05) is 24.7 Å². The van der Waals surface area contributed by atoms with E-state index in [1.807, 2.05) is 18.4 Å². The van der Waals surface area contributed by atoms with Crippen LogP contribution < -0.4 is 4.31 Å². The molecule has 0 saturated heterocycles. The van der Waals surface area contributed by atoms with Gasteiger partial charge in [0.05, 0.1) is 10.6 Å². The van der Waals surface area contributed by atoms with Gasteiger partial charge in [-0.05, 0) is 72.5 Å². The van der Waals surface area contributed by atoms with Gasteiger partial charge in [0.25, 0.3) is 15.9 Å². The van der Waals surface area contributed by atoms with Crippen molar-refractivity contribution >= 4 is 45.0 Å². The summed E-state index contributed by atoms with van der Waals surface area (Å²) in [6.45, 7) is 0.443. The van der Waals surface area contributed by atoms with Crippen LogP contribution >= 0.6 is 23.4 Å². The summed E-state index contributed by atoms with van der Waals surface area (Å²) in [4.78, 5) is 15.6. The number of rotatable bonds is 7. The average molecular weight is 475 g/mol. The topological polar surface area (TPSA) is 57.7 Å². The molecular weight excluding hydrogens is 452 g/mol. The zero-order valence-electron chi connectivity index (χ0n) is 17.4. The minimum absolute atomic E-state index is 0.153. The van der Waals surface area contributed by atoms with Gasteiger partial charge in [0.1, 0.15) is 0 Å².